The number of alkyl halides is 12. The van der Waals surface area contributed by atoms with Crippen LogP contribution in [0.1, 0.15) is 57.4 Å². The fourth-order valence-electron chi connectivity index (χ4n) is 4.32. The number of hydrogen-bond donors (Lipinski definition) is 7. The molecule has 0 bridgehead atoms. The second-order valence-electron chi connectivity index (χ2n) is 12.1. The van der Waals surface area contributed by atoms with Crippen LogP contribution in [-0.2, 0) is 40.0 Å². The second-order valence-corrected chi connectivity index (χ2v) is 12.1. The van der Waals surface area contributed by atoms with Crippen LogP contribution in [0.4, 0.5) is 52.7 Å². The summed E-state index contributed by atoms with van der Waals surface area (Å²) in [4.78, 5) is 78.3. The third kappa shape index (κ3) is 25.6. The molecule has 1 saturated heterocycles. The van der Waals surface area contributed by atoms with E-state index in [-0.39, 0.29) is 38.8 Å². The number of benzene rings is 1. The number of rotatable bonds is 13. The number of amides is 3. The average Bonchev–Trinajstić information content (AvgIpc) is 3.10. The third-order valence-corrected chi connectivity index (χ3v) is 7.33. The molecular formula is C32H40F12N4O11. The molecule has 15 nitrogen and oxygen atoms in total. The molecule has 27 heteroatoms. The minimum Gasteiger partial charge on any atom is -0.481 e. The average molecular weight is 885 g/mol. The number of halogens is 12. The Morgan fingerprint density at radius 1 is 0.695 bits per heavy atom. The summed E-state index contributed by atoms with van der Waals surface area (Å²) in [6.07, 6.45) is -19.6. The van der Waals surface area contributed by atoms with Crippen LogP contribution in [0.3, 0.4) is 0 Å². The Morgan fingerprint density at radius 2 is 1.10 bits per heavy atom. The van der Waals surface area contributed by atoms with Gasteiger partial charge in [-0.2, -0.15) is 52.7 Å². The normalized spacial score (nSPS) is 14.8. The van der Waals surface area contributed by atoms with Crippen molar-refractivity contribution in [2.24, 2.45) is 11.7 Å². The predicted molar refractivity (Wildman–Crippen MR) is 175 cm³/mol. The van der Waals surface area contributed by atoms with Crippen molar-refractivity contribution >= 4 is 41.6 Å². The number of piperidine rings is 1. The third-order valence-electron chi connectivity index (χ3n) is 7.33. The molecule has 0 saturated carbocycles. The zero-order chi connectivity index (χ0) is 46.5. The number of nitrogens with two attached hydrogens (primary N) is 1. The van der Waals surface area contributed by atoms with Gasteiger partial charge in [0.15, 0.2) is 0 Å². The molecule has 1 aliphatic rings. The van der Waals surface area contributed by atoms with E-state index in [4.69, 9.17) is 35.4 Å². The Kier molecular flexibility index (Phi) is 23.8. The van der Waals surface area contributed by atoms with Crippen molar-refractivity contribution in [2.75, 3.05) is 13.1 Å². The summed E-state index contributed by atoms with van der Waals surface area (Å²) in [7, 11) is 0. The maximum Gasteiger partial charge on any atom is 0.490 e. The molecule has 1 aliphatic heterocycles. The van der Waals surface area contributed by atoms with E-state index in [0.717, 1.165) is 5.56 Å². The lowest BCUT2D eigenvalue weighted by molar-refractivity contribution is -0.193. The van der Waals surface area contributed by atoms with Gasteiger partial charge in [0.25, 0.3) is 0 Å². The fraction of sp³-hybridized carbons (Fsp3) is 0.594. The van der Waals surface area contributed by atoms with E-state index in [1.54, 1.807) is 30.3 Å². The van der Waals surface area contributed by atoms with Crippen LogP contribution in [0, 0.1) is 5.92 Å². The number of aliphatic carboxylic acids is 4. The van der Waals surface area contributed by atoms with E-state index in [1.165, 1.54) is 4.90 Å². The first-order valence-electron chi connectivity index (χ1n) is 16.6. The number of nitrogens with zero attached hydrogens (tertiary/aromatic N) is 1. The van der Waals surface area contributed by atoms with E-state index in [1.807, 2.05) is 6.92 Å². The zero-order valence-electron chi connectivity index (χ0n) is 30.5. The number of likely N-dealkylation sites (tertiary alicyclic amines) is 1. The van der Waals surface area contributed by atoms with Crippen LogP contribution in [0.25, 0.3) is 0 Å². The summed E-state index contributed by atoms with van der Waals surface area (Å²) in [6.45, 7) is 2.30. The number of carbonyl (C=O) groups is 7. The molecule has 1 aromatic carbocycles. The molecule has 1 aromatic rings. The highest BCUT2D eigenvalue weighted by Gasteiger charge is 2.40. The minimum atomic E-state index is -5.08. The van der Waals surface area contributed by atoms with Gasteiger partial charge in [-0.3, -0.25) is 19.2 Å². The van der Waals surface area contributed by atoms with Crippen molar-refractivity contribution in [2.45, 2.75) is 101 Å². The molecule has 1 unspecified atom stereocenters. The van der Waals surface area contributed by atoms with E-state index in [2.05, 4.69) is 10.6 Å². The summed E-state index contributed by atoms with van der Waals surface area (Å²) < 4.78 is 134. The van der Waals surface area contributed by atoms with Crippen molar-refractivity contribution in [1.82, 2.24) is 15.5 Å². The maximum absolute atomic E-state index is 13.2. The van der Waals surface area contributed by atoms with Crippen LogP contribution in [-0.4, -0.2) is 123 Å². The molecule has 59 heavy (non-hydrogen) atoms. The standard InChI is InChI=1S/C26H37F3N4O5.3C2HF3O2/c1-2-3-9-21(24(36)33-14-11-18(12-15-33)25(37)38)32-23(35)20(10-13-26(27,28)29)31-22(34)19(30)16-17-7-5-4-6-8-17;3*3-2(4,5)1(6)7/h4-8,18-21H,2-3,9-16,30H2,1H3,(H,31,34)(H,32,35)(H,37,38);3*(H,6,7)/t19-,20-,21?;;;/m1.../s1. The first kappa shape index (κ1) is 55.7. The van der Waals surface area contributed by atoms with Gasteiger partial charge in [-0.15, -0.1) is 0 Å². The quantitative estimate of drug-likeness (QED) is 0.137. The van der Waals surface area contributed by atoms with Gasteiger partial charge in [-0.1, -0.05) is 50.1 Å². The van der Waals surface area contributed by atoms with Crippen molar-refractivity contribution in [3.05, 3.63) is 35.9 Å². The smallest absolute Gasteiger partial charge is 0.481 e. The number of hydrogen-bond acceptors (Lipinski definition) is 8. The number of unbranched alkanes of at least 4 members (excludes halogenated alkanes) is 1. The van der Waals surface area contributed by atoms with Crippen LogP contribution in [0.15, 0.2) is 30.3 Å². The van der Waals surface area contributed by atoms with Crippen molar-refractivity contribution in [3.63, 3.8) is 0 Å². The number of nitrogens with one attached hydrogen (secondary N) is 2. The van der Waals surface area contributed by atoms with Gasteiger partial charge in [0.1, 0.15) is 12.1 Å². The number of carboxylic acids is 4. The number of carbonyl (C=O) groups excluding carboxylic acids is 3. The molecule has 1 fully saturated rings. The van der Waals surface area contributed by atoms with Gasteiger partial charge >= 0.3 is 48.6 Å². The topological polar surface area (TPSA) is 254 Å². The second kappa shape index (κ2) is 25.2. The molecule has 8 N–H and O–H groups in total. The summed E-state index contributed by atoms with van der Waals surface area (Å²) in [5.41, 5.74) is 6.71. The highest BCUT2D eigenvalue weighted by Crippen LogP contribution is 2.23. The SMILES string of the molecule is CCCCC(NC(=O)[C@@H](CCC(F)(F)F)NC(=O)[C@H](N)Cc1ccccc1)C(=O)N1CCC(C(=O)O)CC1.O=C(O)C(F)(F)F.O=C(O)C(F)(F)F.O=C(O)C(F)(F)F. The van der Waals surface area contributed by atoms with E-state index < -0.39 is 103 Å². The minimum absolute atomic E-state index is 0.129. The molecule has 3 amide bonds. The van der Waals surface area contributed by atoms with Crippen LogP contribution in [0.5, 0.6) is 0 Å². The molecular weight excluding hydrogens is 844 g/mol. The Morgan fingerprint density at radius 3 is 1.46 bits per heavy atom. The lowest BCUT2D eigenvalue weighted by atomic mass is 9.96. The van der Waals surface area contributed by atoms with E-state index >= 15 is 0 Å². The van der Waals surface area contributed by atoms with E-state index in [0.29, 0.717) is 12.8 Å². The molecule has 1 heterocycles. The van der Waals surface area contributed by atoms with E-state index in [9.17, 15) is 77.0 Å². The first-order chi connectivity index (χ1) is 26.7. The lowest BCUT2D eigenvalue weighted by Gasteiger charge is -2.33. The lowest BCUT2D eigenvalue weighted by Crippen LogP contribution is -2.57. The van der Waals surface area contributed by atoms with Gasteiger partial charge < -0.3 is 41.7 Å². The van der Waals surface area contributed by atoms with Crippen molar-refractivity contribution in [1.29, 1.82) is 0 Å². The van der Waals surface area contributed by atoms with Crippen molar-refractivity contribution in [3.8, 4) is 0 Å². The number of carboxylic acid groups (broad SMARTS) is 4. The summed E-state index contributed by atoms with van der Waals surface area (Å²) in [5, 5.41) is 35.4. The molecule has 0 radical (unpaired) electrons. The van der Waals surface area contributed by atoms with Gasteiger partial charge in [0.05, 0.1) is 12.0 Å². The molecule has 0 spiro atoms. The summed E-state index contributed by atoms with van der Waals surface area (Å²) in [5.74, 6) is -11.8. The zero-order valence-corrected chi connectivity index (χ0v) is 30.5. The molecule has 0 aliphatic carbocycles. The Labute approximate surface area is 325 Å². The van der Waals surface area contributed by atoms with Crippen LogP contribution < -0.4 is 16.4 Å². The largest absolute Gasteiger partial charge is 0.490 e. The molecule has 0 aromatic heterocycles. The molecule has 2 rings (SSSR count). The summed E-state index contributed by atoms with van der Waals surface area (Å²) >= 11 is 0. The van der Waals surface area contributed by atoms with Gasteiger partial charge in [-0.05, 0) is 37.7 Å². The van der Waals surface area contributed by atoms with Crippen LogP contribution in [0.2, 0.25) is 0 Å². The van der Waals surface area contributed by atoms with Gasteiger partial charge in [-0.25, -0.2) is 14.4 Å². The fourth-order valence-corrected chi connectivity index (χ4v) is 4.32. The van der Waals surface area contributed by atoms with Gasteiger partial charge in [0, 0.05) is 19.5 Å². The monoisotopic (exact) mass is 884 g/mol. The highest BCUT2D eigenvalue weighted by atomic mass is 19.4. The Bertz CT molecular complexity index is 1460. The highest BCUT2D eigenvalue weighted by molar-refractivity contribution is 5.93. The van der Waals surface area contributed by atoms with Crippen LogP contribution >= 0.6 is 0 Å². The predicted octanol–water partition coefficient (Wildman–Crippen LogP) is 4.28. The summed E-state index contributed by atoms with van der Waals surface area (Å²) in [6, 6.07) is 5.18. The maximum atomic E-state index is 13.2. The molecule has 3 atom stereocenters. The first-order valence-corrected chi connectivity index (χ1v) is 16.6. The van der Waals surface area contributed by atoms with Crippen molar-refractivity contribution < 1.29 is 107 Å². The Hall–Kier alpha value is -5.37. The van der Waals surface area contributed by atoms with Gasteiger partial charge in [0.2, 0.25) is 17.7 Å². The Balaban J connectivity index is 0. The molecule has 338 valence electrons.